The van der Waals surface area contributed by atoms with Crippen LogP contribution in [0.15, 0.2) is 71.6 Å². The van der Waals surface area contributed by atoms with E-state index in [1.54, 1.807) is 19.1 Å². The van der Waals surface area contributed by atoms with Gasteiger partial charge in [-0.05, 0) is 55.5 Å². The Morgan fingerprint density at radius 3 is 2.29 bits per heavy atom. The lowest BCUT2D eigenvalue weighted by atomic mass is 9.99. The highest BCUT2D eigenvalue weighted by atomic mass is 32.2. The number of halogens is 1. The van der Waals surface area contributed by atoms with Crippen LogP contribution in [0, 0.1) is 12.7 Å². The molecule has 0 bridgehead atoms. The number of anilines is 1. The SMILES string of the molecule is COc1ccc(S(=O)(=O)Nc2ccc(C)cc2C(=O)c2ccccc2F)cc1. The summed E-state index contributed by atoms with van der Waals surface area (Å²) in [5.41, 5.74) is 0.766. The van der Waals surface area contributed by atoms with E-state index in [2.05, 4.69) is 4.72 Å². The first-order valence-corrected chi connectivity index (χ1v) is 9.87. The Kier molecular flexibility index (Phi) is 5.46. The molecule has 3 rings (SSSR count). The molecule has 0 heterocycles. The van der Waals surface area contributed by atoms with E-state index >= 15 is 0 Å². The van der Waals surface area contributed by atoms with Crippen molar-refractivity contribution in [2.75, 3.05) is 11.8 Å². The summed E-state index contributed by atoms with van der Waals surface area (Å²) in [4.78, 5) is 12.9. The minimum Gasteiger partial charge on any atom is -0.497 e. The molecule has 0 aliphatic rings. The molecule has 0 unspecified atom stereocenters. The summed E-state index contributed by atoms with van der Waals surface area (Å²) in [5, 5.41) is 0. The smallest absolute Gasteiger partial charge is 0.261 e. The summed E-state index contributed by atoms with van der Waals surface area (Å²) < 4.78 is 47.0. The van der Waals surface area contributed by atoms with Crippen LogP contribution >= 0.6 is 0 Å². The van der Waals surface area contributed by atoms with Gasteiger partial charge in [0.2, 0.25) is 0 Å². The molecule has 0 radical (unpaired) electrons. The molecule has 1 N–H and O–H groups in total. The average molecular weight is 399 g/mol. The Bertz CT molecular complexity index is 1130. The third kappa shape index (κ3) is 4.04. The van der Waals surface area contributed by atoms with Crippen LogP contribution in [0.25, 0.3) is 0 Å². The Morgan fingerprint density at radius 1 is 0.964 bits per heavy atom. The lowest BCUT2D eigenvalue weighted by Crippen LogP contribution is -2.16. The van der Waals surface area contributed by atoms with Crippen LogP contribution in [-0.2, 0) is 10.0 Å². The van der Waals surface area contributed by atoms with Crippen molar-refractivity contribution in [3.8, 4) is 5.75 Å². The number of carbonyl (C=O) groups is 1. The molecular formula is C21H18FNO4S. The van der Waals surface area contributed by atoms with Crippen molar-refractivity contribution in [2.24, 2.45) is 0 Å². The van der Waals surface area contributed by atoms with E-state index in [4.69, 9.17) is 4.74 Å². The summed E-state index contributed by atoms with van der Waals surface area (Å²) >= 11 is 0. The van der Waals surface area contributed by atoms with Gasteiger partial charge >= 0.3 is 0 Å². The molecule has 7 heteroatoms. The van der Waals surface area contributed by atoms with Gasteiger partial charge < -0.3 is 4.74 Å². The van der Waals surface area contributed by atoms with Crippen molar-refractivity contribution < 1.29 is 22.3 Å². The number of ether oxygens (including phenoxy) is 1. The Labute approximate surface area is 162 Å². The molecule has 0 atom stereocenters. The molecule has 0 saturated heterocycles. The van der Waals surface area contributed by atoms with Gasteiger partial charge in [0.1, 0.15) is 11.6 Å². The highest BCUT2D eigenvalue weighted by molar-refractivity contribution is 7.92. The summed E-state index contributed by atoms with van der Waals surface area (Å²) in [6.45, 7) is 1.76. The van der Waals surface area contributed by atoms with Gasteiger partial charge in [0.15, 0.2) is 5.78 Å². The van der Waals surface area contributed by atoms with E-state index in [1.165, 1.54) is 61.7 Å². The first-order chi connectivity index (χ1) is 13.3. The van der Waals surface area contributed by atoms with Crippen LogP contribution in [0.2, 0.25) is 0 Å². The molecule has 0 saturated carbocycles. The third-order valence-electron chi connectivity index (χ3n) is 4.15. The Hall–Kier alpha value is -3.19. The second kappa shape index (κ2) is 7.82. The fraction of sp³-hybridized carbons (Fsp3) is 0.0952. The van der Waals surface area contributed by atoms with Crippen LogP contribution in [0.5, 0.6) is 5.75 Å². The van der Waals surface area contributed by atoms with E-state index in [-0.39, 0.29) is 21.7 Å². The van der Waals surface area contributed by atoms with E-state index in [0.29, 0.717) is 5.75 Å². The van der Waals surface area contributed by atoms with E-state index in [0.717, 1.165) is 5.56 Å². The number of ketones is 1. The summed E-state index contributed by atoms with van der Waals surface area (Å²) in [7, 11) is -2.47. The van der Waals surface area contributed by atoms with E-state index in [9.17, 15) is 17.6 Å². The predicted molar refractivity (Wildman–Crippen MR) is 105 cm³/mol. The standard InChI is InChI=1S/C21H18FNO4S/c1-14-7-12-20(18(13-14)21(24)17-5-3-4-6-19(17)22)23-28(25,26)16-10-8-15(27-2)9-11-16/h3-13,23H,1-2H3. The lowest BCUT2D eigenvalue weighted by molar-refractivity contribution is 0.103. The molecule has 28 heavy (non-hydrogen) atoms. The summed E-state index contributed by atoms with van der Waals surface area (Å²) in [5.74, 6) is -0.753. The number of carbonyl (C=O) groups excluding carboxylic acids is 1. The number of aryl methyl sites for hydroxylation is 1. The van der Waals surface area contributed by atoms with Gasteiger partial charge in [0.05, 0.1) is 23.3 Å². The van der Waals surface area contributed by atoms with Crippen LogP contribution in [0.1, 0.15) is 21.5 Å². The van der Waals surface area contributed by atoms with Crippen LogP contribution in [0.3, 0.4) is 0 Å². The van der Waals surface area contributed by atoms with Gasteiger partial charge in [-0.25, -0.2) is 12.8 Å². The molecule has 0 aromatic heterocycles. The molecule has 0 aliphatic heterocycles. The second-order valence-electron chi connectivity index (χ2n) is 6.14. The molecule has 0 spiro atoms. The van der Waals surface area contributed by atoms with Crippen molar-refractivity contribution in [3.05, 3.63) is 89.2 Å². The number of methoxy groups -OCH3 is 1. The number of rotatable bonds is 6. The minimum absolute atomic E-state index is 0.0122. The molecule has 0 amide bonds. The van der Waals surface area contributed by atoms with Crippen LogP contribution in [-0.4, -0.2) is 21.3 Å². The van der Waals surface area contributed by atoms with Gasteiger partial charge in [-0.3, -0.25) is 9.52 Å². The maximum atomic E-state index is 14.1. The second-order valence-corrected chi connectivity index (χ2v) is 7.82. The molecular weight excluding hydrogens is 381 g/mol. The Balaban J connectivity index is 2.01. The van der Waals surface area contributed by atoms with Crippen LogP contribution in [0.4, 0.5) is 10.1 Å². The molecule has 0 fully saturated rings. The summed E-state index contributed by atoms with van der Waals surface area (Å²) in [6, 6.07) is 16.1. The van der Waals surface area contributed by atoms with Crippen LogP contribution < -0.4 is 9.46 Å². The fourth-order valence-electron chi connectivity index (χ4n) is 2.68. The molecule has 0 aliphatic carbocycles. The normalized spacial score (nSPS) is 11.1. The maximum Gasteiger partial charge on any atom is 0.261 e. The number of benzene rings is 3. The average Bonchev–Trinajstić information content (AvgIpc) is 2.69. The largest absolute Gasteiger partial charge is 0.497 e. The lowest BCUT2D eigenvalue weighted by Gasteiger charge is -2.13. The monoisotopic (exact) mass is 399 g/mol. The Morgan fingerprint density at radius 2 is 1.64 bits per heavy atom. The molecule has 3 aromatic carbocycles. The van der Waals surface area contributed by atoms with Crippen molar-refractivity contribution in [1.29, 1.82) is 0 Å². The van der Waals surface area contributed by atoms with Gasteiger partial charge in [0.25, 0.3) is 10.0 Å². The highest BCUT2D eigenvalue weighted by Gasteiger charge is 2.21. The van der Waals surface area contributed by atoms with Crippen molar-refractivity contribution in [2.45, 2.75) is 11.8 Å². The first-order valence-electron chi connectivity index (χ1n) is 8.38. The van der Waals surface area contributed by atoms with E-state index < -0.39 is 21.6 Å². The predicted octanol–water partition coefficient (Wildman–Crippen LogP) is 4.17. The van der Waals surface area contributed by atoms with Gasteiger partial charge in [-0.2, -0.15) is 0 Å². The fourth-order valence-corrected chi connectivity index (χ4v) is 3.76. The zero-order chi connectivity index (χ0) is 20.3. The molecule has 5 nitrogen and oxygen atoms in total. The van der Waals surface area contributed by atoms with Gasteiger partial charge in [0, 0.05) is 5.56 Å². The zero-order valence-electron chi connectivity index (χ0n) is 15.3. The van der Waals surface area contributed by atoms with Crippen molar-refractivity contribution in [1.82, 2.24) is 0 Å². The third-order valence-corrected chi connectivity index (χ3v) is 5.53. The maximum absolute atomic E-state index is 14.1. The molecule has 144 valence electrons. The summed E-state index contributed by atoms with van der Waals surface area (Å²) in [6.07, 6.45) is 0. The van der Waals surface area contributed by atoms with E-state index in [1.807, 2.05) is 0 Å². The number of hydrogen-bond donors (Lipinski definition) is 1. The van der Waals surface area contributed by atoms with Gasteiger partial charge in [-0.1, -0.05) is 23.8 Å². The van der Waals surface area contributed by atoms with Crippen molar-refractivity contribution in [3.63, 3.8) is 0 Å². The topological polar surface area (TPSA) is 72.5 Å². The quantitative estimate of drug-likeness (QED) is 0.632. The minimum atomic E-state index is -3.95. The van der Waals surface area contributed by atoms with Gasteiger partial charge in [-0.15, -0.1) is 0 Å². The highest BCUT2D eigenvalue weighted by Crippen LogP contribution is 2.25. The number of nitrogens with one attached hydrogen (secondary N) is 1. The zero-order valence-corrected chi connectivity index (χ0v) is 16.1. The number of hydrogen-bond acceptors (Lipinski definition) is 4. The first kappa shape index (κ1) is 19.6. The molecule has 3 aromatic rings. The van der Waals surface area contributed by atoms with Crippen molar-refractivity contribution >= 4 is 21.5 Å². The number of sulfonamides is 1.